The van der Waals surface area contributed by atoms with Crippen molar-refractivity contribution >= 4 is 0 Å². The fraction of sp³-hybridized carbons (Fsp3) is 0.667. The van der Waals surface area contributed by atoms with Crippen LogP contribution in [0.1, 0.15) is 49.8 Å². The molecular formula is C18H28N2O. The van der Waals surface area contributed by atoms with Gasteiger partial charge in [-0.1, -0.05) is 25.1 Å². The molecule has 21 heavy (non-hydrogen) atoms. The third-order valence-electron chi connectivity index (χ3n) is 4.97. The van der Waals surface area contributed by atoms with Crippen molar-refractivity contribution in [1.82, 2.24) is 10.2 Å². The van der Waals surface area contributed by atoms with Crippen LogP contribution in [0.3, 0.4) is 0 Å². The van der Waals surface area contributed by atoms with Crippen LogP contribution in [-0.4, -0.2) is 37.2 Å². The average Bonchev–Trinajstić information content (AvgIpc) is 2.72. The third kappa shape index (κ3) is 3.41. The summed E-state index contributed by atoms with van der Waals surface area (Å²) < 4.78 is 5.98. The maximum absolute atomic E-state index is 5.98. The highest BCUT2D eigenvalue weighted by molar-refractivity contribution is 5.43. The number of likely N-dealkylation sites (tertiary alicyclic amines) is 1. The summed E-state index contributed by atoms with van der Waals surface area (Å²) in [4.78, 5) is 2.55. The number of rotatable bonds is 3. The van der Waals surface area contributed by atoms with Crippen molar-refractivity contribution in [1.29, 1.82) is 0 Å². The van der Waals surface area contributed by atoms with E-state index in [0.717, 1.165) is 18.8 Å². The Morgan fingerprint density at radius 3 is 2.81 bits per heavy atom. The lowest BCUT2D eigenvalue weighted by molar-refractivity contribution is 0.197. The van der Waals surface area contributed by atoms with E-state index in [1.807, 2.05) is 0 Å². The van der Waals surface area contributed by atoms with E-state index in [4.69, 9.17) is 4.74 Å². The molecule has 1 unspecified atom stereocenters. The van der Waals surface area contributed by atoms with Crippen LogP contribution < -0.4 is 10.1 Å². The molecule has 2 heterocycles. The first kappa shape index (κ1) is 14.9. The van der Waals surface area contributed by atoms with Gasteiger partial charge in [-0.15, -0.1) is 0 Å². The summed E-state index contributed by atoms with van der Waals surface area (Å²) in [6.45, 7) is 8.92. The Hall–Kier alpha value is -1.06. The molecule has 1 aromatic carbocycles. The van der Waals surface area contributed by atoms with Gasteiger partial charge in [0, 0.05) is 17.6 Å². The molecule has 3 heteroatoms. The Morgan fingerprint density at radius 2 is 2.05 bits per heavy atom. The van der Waals surface area contributed by atoms with Gasteiger partial charge < -0.3 is 15.0 Å². The molecule has 1 atom stereocenters. The topological polar surface area (TPSA) is 24.5 Å². The summed E-state index contributed by atoms with van der Waals surface area (Å²) in [6.07, 6.45) is 4.86. The standard InChI is InChI=1S/C18H28N2O/c1-3-20-11-9-15(10-12-20)19-17-8-5-13-21-18-14(2)6-4-7-16(17)18/h4,6-7,15,17,19H,3,5,8-13H2,1-2H3. The minimum atomic E-state index is 0.459. The second-order valence-corrected chi connectivity index (χ2v) is 6.41. The molecule has 2 aliphatic heterocycles. The monoisotopic (exact) mass is 288 g/mol. The molecule has 0 aromatic heterocycles. The number of nitrogens with one attached hydrogen (secondary N) is 1. The smallest absolute Gasteiger partial charge is 0.126 e. The Kier molecular flexibility index (Phi) is 4.81. The molecule has 3 rings (SSSR count). The summed E-state index contributed by atoms with van der Waals surface area (Å²) in [7, 11) is 0. The average molecular weight is 288 g/mol. The van der Waals surface area contributed by atoms with E-state index < -0.39 is 0 Å². The van der Waals surface area contributed by atoms with Gasteiger partial charge in [0.25, 0.3) is 0 Å². The minimum Gasteiger partial charge on any atom is -0.493 e. The normalized spacial score (nSPS) is 24.2. The molecule has 0 bridgehead atoms. The Labute approximate surface area is 128 Å². The fourth-order valence-corrected chi connectivity index (χ4v) is 3.64. The molecule has 0 aliphatic carbocycles. The van der Waals surface area contributed by atoms with Gasteiger partial charge in [-0.3, -0.25) is 0 Å². The zero-order chi connectivity index (χ0) is 14.7. The number of benzene rings is 1. The van der Waals surface area contributed by atoms with Crippen LogP contribution in [0.2, 0.25) is 0 Å². The van der Waals surface area contributed by atoms with E-state index in [-0.39, 0.29) is 0 Å². The SMILES string of the molecule is CCN1CCC(NC2CCCOc3c(C)cccc32)CC1. The van der Waals surface area contributed by atoms with Gasteiger partial charge in [0.1, 0.15) is 5.75 Å². The van der Waals surface area contributed by atoms with E-state index in [2.05, 4.69) is 42.3 Å². The first-order valence-corrected chi connectivity index (χ1v) is 8.48. The lowest BCUT2D eigenvalue weighted by Crippen LogP contribution is -2.43. The Balaban J connectivity index is 1.70. The zero-order valence-corrected chi connectivity index (χ0v) is 13.4. The number of piperidine rings is 1. The van der Waals surface area contributed by atoms with Crippen LogP contribution in [0.5, 0.6) is 5.75 Å². The molecular weight excluding hydrogens is 260 g/mol. The molecule has 2 aliphatic rings. The van der Waals surface area contributed by atoms with Gasteiger partial charge in [-0.05, 0) is 57.8 Å². The van der Waals surface area contributed by atoms with Gasteiger partial charge in [0.2, 0.25) is 0 Å². The molecule has 0 saturated carbocycles. The Morgan fingerprint density at radius 1 is 1.24 bits per heavy atom. The lowest BCUT2D eigenvalue weighted by Gasteiger charge is -2.34. The highest BCUT2D eigenvalue weighted by Crippen LogP contribution is 2.34. The number of aryl methyl sites for hydroxylation is 1. The number of nitrogens with zero attached hydrogens (tertiary/aromatic N) is 1. The third-order valence-corrected chi connectivity index (χ3v) is 4.97. The first-order chi connectivity index (χ1) is 10.3. The molecule has 1 fully saturated rings. The number of para-hydroxylation sites is 1. The molecule has 1 saturated heterocycles. The van der Waals surface area contributed by atoms with Gasteiger partial charge in [-0.25, -0.2) is 0 Å². The quantitative estimate of drug-likeness (QED) is 0.924. The number of hydrogen-bond donors (Lipinski definition) is 1. The highest BCUT2D eigenvalue weighted by atomic mass is 16.5. The second kappa shape index (κ2) is 6.80. The maximum atomic E-state index is 5.98. The summed E-state index contributed by atoms with van der Waals surface area (Å²) >= 11 is 0. The van der Waals surface area contributed by atoms with Gasteiger partial charge in [0.05, 0.1) is 6.61 Å². The minimum absolute atomic E-state index is 0.459. The highest BCUT2D eigenvalue weighted by Gasteiger charge is 2.25. The van der Waals surface area contributed by atoms with Crippen molar-refractivity contribution in [3.05, 3.63) is 29.3 Å². The van der Waals surface area contributed by atoms with Crippen molar-refractivity contribution in [3.63, 3.8) is 0 Å². The van der Waals surface area contributed by atoms with Gasteiger partial charge in [0.15, 0.2) is 0 Å². The first-order valence-electron chi connectivity index (χ1n) is 8.48. The largest absolute Gasteiger partial charge is 0.493 e. The predicted molar refractivity (Wildman–Crippen MR) is 86.9 cm³/mol. The predicted octanol–water partition coefficient (Wildman–Crippen LogP) is 3.28. The molecule has 1 N–H and O–H groups in total. The molecule has 0 amide bonds. The molecule has 116 valence electrons. The van der Waals surface area contributed by atoms with E-state index in [9.17, 15) is 0 Å². The van der Waals surface area contributed by atoms with Crippen LogP contribution in [0.25, 0.3) is 0 Å². The van der Waals surface area contributed by atoms with Crippen LogP contribution in [-0.2, 0) is 0 Å². The summed E-state index contributed by atoms with van der Waals surface area (Å²) in [5, 5.41) is 3.92. The van der Waals surface area contributed by atoms with Crippen molar-refractivity contribution in [3.8, 4) is 5.75 Å². The van der Waals surface area contributed by atoms with Gasteiger partial charge >= 0.3 is 0 Å². The van der Waals surface area contributed by atoms with Crippen molar-refractivity contribution in [2.24, 2.45) is 0 Å². The fourth-order valence-electron chi connectivity index (χ4n) is 3.64. The summed E-state index contributed by atoms with van der Waals surface area (Å²) in [6, 6.07) is 7.68. The van der Waals surface area contributed by atoms with Crippen molar-refractivity contribution in [2.75, 3.05) is 26.2 Å². The van der Waals surface area contributed by atoms with E-state index in [1.54, 1.807) is 0 Å². The van der Waals surface area contributed by atoms with Crippen LogP contribution in [0.15, 0.2) is 18.2 Å². The lowest BCUT2D eigenvalue weighted by atomic mass is 9.96. The van der Waals surface area contributed by atoms with E-state index in [0.29, 0.717) is 12.1 Å². The number of fused-ring (bicyclic) bond motifs is 1. The van der Waals surface area contributed by atoms with E-state index >= 15 is 0 Å². The Bertz CT molecular complexity index is 466. The van der Waals surface area contributed by atoms with Crippen LogP contribution in [0.4, 0.5) is 0 Å². The van der Waals surface area contributed by atoms with Gasteiger partial charge in [-0.2, -0.15) is 0 Å². The van der Waals surface area contributed by atoms with Crippen molar-refractivity contribution < 1.29 is 4.74 Å². The molecule has 3 nitrogen and oxygen atoms in total. The second-order valence-electron chi connectivity index (χ2n) is 6.41. The molecule has 1 aromatic rings. The molecule has 0 spiro atoms. The molecule has 0 radical (unpaired) electrons. The van der Waals surface area contributed by atoms with E-state index in [1.165, 1.54) is 50.0 Å². The summed E-state index contributed by atoms with van der Waals surface area (Å²) in [5.74, 6) is 1.12. The van der Waals surface area contributed by atoms with Crippen LogP contribution in [0, 0.1) is 6.92 Å². The number of hydrogen-bond acceptors (Lipinski definition) is 3. The number of ether oxygens (including phenoxy) is 1. The van der Waals surface area contributed by atoms with Crippen molar-refractivity contribution in [2.45, 2.75) is 51.6 Å². The zero-order valence-electron chi connectivity index (χ0n) is 13.4. The van der Waals surface area contributed by atoms with Crippen LogP contribution >= 0.6 is 0 Å². The summed E-state index contributed by atoms with van der Waals surface area (Å²) in [5.41, 5.74) is 2.63. The maximum Gasteiger partial charge on any atom is 0.126 e.